The second-order valence-electron chi connectivity index (χ2n) is 7.70. The Morgan fingerprint density at radius 3 is 2.20 bits per heavy atom. The first-order chi connectivity index (χ1) is 14.6. The molecule has 2 fully saturated rings. The fraction of sp³-hybridized carbons (Fsp3) is 0.391. The molecule has 0 aromatic heterocycles. The first-order valence-corrected chi connectivity index (χ1v) is 10.5. The minimum atomic E-state index is -0.400. The number of hydrogen-bond donors (Lipinski definition) is 2. The summed E-state index contributed by atoms with van der Waals surface area (Å²) in [6.45, 7) is 5.87. The summed E-state index contributed by atoms with van der Waals surface area (Å²) in [5.74, 6) is 0.0658. The summed E-state index contributed by atoms with van der Waals surface area (Å²) in [6, 6.07) is 15.1. The van der Waals surface area contributed by atoms with Crippen LogP contribution in [-0.2, 0) is 14.3 Å². The lowest BCUT2D eigenvalue weighted by Crippen LogP contribution is -2.36. The van der Waals surface area contributed by atoms with E-state index < -0.39 is 6.04 Å². The van der Waals surface area contributed by atoms with Gasteiger partial charge in [0.1, 0.15) is 6.04 Å². The van der Waals surface area contributed by atoms with Crippen molar-refractivity contribution in [2.75, 3.05) is 53.3 Å². The van der Waals surface area contributed by atoms with Crippen LogP contribution in [-0.4, -0.2) is 50.7 Å². The number of morpholine rings is 1. The molecule has 30 heavy (non-hydrogen) atoms. The summed E-state index contributed by atoms with van der Waals surface area (Å²) >= 11 is 0. The number of rotatable bonds is 6. The number of ether oxygens (including phenoxy) is 1. The monoisotopic (exact) mass is 408 g/mol. The molecule has 2 aliphatic rings. The Balaban J connectivity index is 1.30. The van der Waals surface area contributed by atoms with Gasteiger partial charge in [0.15, 0.2) is 0 Å². The predicted octanol–water partition coefficient (Wildman–Crippen LogP) is 3.09. The maximum atomic E-state index is 12.6. The van der Waals surface area contributed by atoms with Crippen molar-refractivity contribution in [3.05, 3.63) is 48.5 Å². The summed E-state index contributed by atoms with van der Waals surface area (Å²) in [5, 5.41) is 6.17. The molecular formula is C23H28N4O3. The van der Waals surface area contributed by atoms with E-state index in [1.807, 2.05) is 55.5 Å². The molecule has 2 aromatic rings. The van der Waals surface area contributed by atoms with Crippen LogP contribution in [0.15, 0.2) is 48.5 Å². The molecule has 0 aliphatic carbocycles. The molecule has 7 nitrogen and oxygen atoms in total. The fourth-order valence-corrected chi connectivity index (χ4v) is 3.80. The maximum Gasteiger partial charge on any atom is 0.246 e. The molecule has 158 valence electrons. The van der Waals surface area contributed by atoms with E-state index in [0.717, 1.165) is 62.0 Å². The molecule has 2 amide bonds. The molecule has 4 rings (SSSR count). The van der Waals surface area contributed by atoms with Crippen molar-refractivity contribution >= 4 is 34.6 Å². The molecule has 1 atom stereocenters. The number of nitrogens with one attached hydrogen (secondary N) is 2. The van der Waals surface area contributed by atoms with E-state index >= 15 is 0 Å². The molecule has 0 bridgehead atoms. The van der Waals surface area contributed by atoms with Crippen LogP contribution in [0.1, 0.15) is 19.8 Å². The predicted molar refractivity (Wildman–Crippen MR) is 119 cm³/mol. The Hall–Kier alpha value is -3.06. The van der Waals surface area contributed by atoms with Gasteiger partial charge >= 0.3 is 0 Å². The summed E-state index contributed by atoms with van der Waals surface area (Å²) < 4.78 is 5.39. The Bertz CT molecular complexity index is 876. The highest BCUT2D eigenvalue weighted by molar-refractivity contribution is 5.97. The smallest absolute Gasteiger partial charge is 0.246 e. The second kappa shape index (κ2) is 9.17. The van der Waals surface area contributed by atoms with E-state index in [4.69, 9.17) is 4.74 Å². The molecule has 0 radical (unpaired) electrons. The van der Waals surface area contributed by atoms with Gasteiger partial charge in [0.05, 0.1) is 13.2 Å². The van der Waals surface area contributed by atoms with Crippen molar-refractivity contribution in [2.45, 2.75) is 25.8 Å². The average molecular weight is 409 g/mol. The van der Waals surface area contributed by atoms with Gasteiger partial charge in [0, 0.05) is 48.8 Å². The van der Waals surface area contributed by atoms with Crippen molar-refractivity contribution < 1.29 is 14.3 Å². The van der Waals surface area contributed by atoms with Crippen LogP contribution in [0.25, 0.3) is 0 Å². The summed E-state index contributed by atoms with van der Waals surface area (Å²) in [5.41, 5.74) is 3.66. The molecule has 2 aromatic carbocycles. The lowest BCUT2D eigenvalue weighted by atomic mass is 10.2. The van der Waals surface area contributed by atoms with Crippen molar-refractivity contribution in [2.24, 2.45) is 0 Å². The SMILES string of the molecule is CC(Nc1ccc(N2CCCC2=O)cc1)C(=O)Nc1ccc(N2CCOCC2)cc1. The van der Waals surface area contributed by atoms with Crippen LogP contribution >= 0.6 is 0 Å². The topological polar surface area (TPSA) is 73.9 Å². The number of carbonyl (C=O) groups is 2. The molecule has 2 heterocycles. The Labute approximate surface area is 177 Å². The van der Waals surface area contributed by atoms with Gasteiger partial charge in [-0.05, 0) is 61.9 Å². The van der Waals surface area contributed by atoms with Gasteiger partial charge in [0.2, 0.25) is 11.8 Å². The van der Waals surface area contributed by atoms with Gasteiger partial charge in [-0.25, -0.2) is 0 Å². The highest BCUT2D eigenvalue weighted by Gasteiger charge is 2.21. The third-order valence-corrected chi connectivity index (χ3v) is 5.54. The van der Waals surface area contributed by atoms with Crippen LogP contribution in [0, 0.1) is 0 Å². The number of carbonyl (C=O) groups excluding carboxylic acids is 2. The number of nitrogens with zero attached hydrogens (tertiary/aromatic N) is 2. The highest BCUT2D eigenvalue weighted by Crippen LogP contribution is 2.23. The lowest BCUT2D eigenvalue weighted by molar-refractivity contribution is -0.117. The van der Waals surface area contributed by atoms with Crippen LogP contribution in [0.4, 0.5) is 22.7 Å². The molecule has 0 saturated carbocycles. The van der Waals surface area contributed by atoms with E-state index in [1.165, 1.54) is 0 Å². The van der Waals surface area contributed by atoms with Crippen LogP contribution < -0.4 is 20.4 Å². The third kappa shape index (κ3) is 4.74. The quantitative estimate of drug-likeness (QED) is 0.768. The minimum absolute atomic E-state index is 0.104. The average Bonchev–Trinajstić information content (AvgIpc) is 3.21. The number of hydrogen-bond acceptors (Lipinski definition) is 5. The number of amides is 2. The normalized spacial score (nSPS) is 17.7. The van der Waals surface area contributed by atoms with Crippen LogP contribution in [0.2, 0.25) is 0 Å². The molecule has 2 aliphatic heterocycles. The molecular weight excluding hydrogens is 380 g/mol. The molecule has 0 spiro atoms. The van der Waals surface area contributed by atoms with Crippen molar-refractivity contribution in [3.63, 3.8) is 0 Å². The van der Waals surface area contributed by atoms with Gasteiger partial charge < -0.3 is 25.2 Å². The van der Waals surface area contributed by atoms with E-state index in [2.05, 4.69) is 15.5 Å². The van der Waals surface area contributed by atoms with Gasteiger partial charge in [-0.3, -0.25) is 9.59 Å². The van der Waals surface area contributed by atoms with Crippen LogP contribution in [0.3, 0.4) is 0 Å². The number of anilines is 4. The molecule has 2 N–H and O–H groups in total. The molecule has 2 saturated heterocycles. The van der Waals surface area contributed by atoms with E-state index in [9.17, 15) is 9.59 Å². The largest absolute Gasteiger partial charge is 0.378 e. The van der Waals surface area contributed by atoms with Crippen molar-refractivity contribution in [1.29, 1.82) is 0 Å². The Kier molecular flexibility index (Phi) is 6.18. The zero-order valence-corrected chi connectivity index (χ0v) is 17.3. The van der Waals surface area contributed by atoms with Gasteiger partial charge in [-0.1, -0.05) is 0 Å². The van der Waals surface area contributed by atoms with Gasteiger partial charge in [-0.2, -0.15) is 0 Å². The fourth-order valence-electron chi connectivity index (χ4n) is 3.80. The maximum absolute atomic E-state index is 12.6. The van der Waals surface area contributed by atoms with Gasteiger partial charge in [0.25, 0.3) is 0 Å². The van der Waals surface area contributed by atoms with Crippen molar-refractivity contribution in [3.8, 4) is 0 Å². The van der Waals surface area contributed by atoms with E-state index in [0.29, 0.717) is 6.42 Å². The zero-order chi connectivity index (χ0) is 20.9. The Morgan fingerprint density at radius 1 is 0.933 bits per heavy atom. The van der Waals surface area contributed by atoms with Crippen LogP contribution in [0.5, 0.6) is 0 Å². The summed E-state index contributed by atoms with van der Waals surface area (Å²) in [7, 11) is 0. The first-order valence-electron chi connectivity index (χ1n) is 10.5. The Morgan fingerprint density at radius 2 is 1.57 bits per heavy atom. The molecule has 7 heteroatoms. The molecule has 1 unspecified atom stereocenters. The number of benzene rings is 2. The third-order valence-electron chi connectivity index (χ3n) is 5.54. The van der Waals surface area contributed by atoms with Gasteiger partial charge in [-0.15, -0.1) is 0 Å². The summed E-state index contributed by atoms with van der Waals surface area (Å²) in [6.07, 6.45) is 1.52. The lowest BCUT2D eigenvalue weighted by Gasteiger charge is -2.29. The second-order valence-corrected chi connectivity index (χ2v) is 7.70. The standard InChI is InChI=1S/C23H28N4O3/c1-17(24-18-6-10-21(11-7-18)27-12-2-3-22(27)28)23(29)25-19-4-8-20(9-5-19)26-13-15-30-16-14-26/h4-11,17,24H,2-3,12-16H2,1H3,(H,25,29). The minimum Gasteiger partial charge on any atom is -0.378 e. The summed E-state index contributed by atoms with van der Waals surface area (Å²) in [4.78, 5) is 28.5. The highest BCUT2D eigenvalue weighted by atomic mass is 16.5. The zero-order valence-electron chi connectivity index (χ0n) is 17.3. The first kappa shape index (κ1) is 20.2. The van der Waals surface area contributed by atoms with Crippen molar-refractivity contribution in [1.82, 2.24) is 0 Å². The van der Waals surface area contributed by atoms with E-state index in [-0.39, 0.29) is 11.8 Å². The van der Waals surface area contributed by atoms with E-state index in [1.54, 1.807) is 4.90 Å².